The van der Waals surface area contributed by atoms with Gasteiger partial charge in [-0.05, 0) is 43.1 Å². The Bertz CT molecular complexity index is 1170. The van der Waals surface area contributed by atoms with Crippen LogP contribution in [0.1, 0.15) is 12.0 Å². The monoisotopic (exact) mass is 444 g/mol. The summed E-state index contributed by atoms with van der Waals surface area (Å²) in [6.45, 7) is 4.63. The first kappa shape index (κ1) is 21.4. The molecule has 1 aromatic carbocycles. The molecule has 4 rings (SSSR count). The quantitative estimate of drug-likeness (QED) is 0.544. The highest BCUT2D eigenvalue weighted by Gasteiger charge is 2.21. The van der Waals surface area contributed by atoms with Gasteiger partial charge in [-0.2, -0.15) is 0 Å². The molecule has 2 aromatic heterocycles. The molecule has 3 aromatic rings. The van der Waals surface area contributed by atoms with Gasteiger partial charge in [0.2, 0.25) is 0 Å². The van der Waals surface area contributed by atoms with Gasteiger partial charge >= 0.3 is 0 Å². The van der Waals surface area contributed by atoms with E-state index in [1.165, 1.54) is 6.26 Å². The molecule has 0 radical (unpaired) electrons. The average molecular weight is 445 g/mol. The van der Waals surface area contributed by atoms with Crippen LogP contribution in [0.5, 0.6) is 5.75 Å². The second-order valence-electron chi connectivity index (χ2n) is 7.86. The Balaban J connectivity index is 1.36. The molecule has 0 atom stereocenters. The number of rotatable bonds is 7. The number of benzene rings is 1. The molecule has 166 valence electrons. The highest BCUT2D eigenvalue weighted by atomic mass is 32.2. The molecule has 0 amide bonds. The molecule has 1 saturated heterocycles. The first-order chi connectivity index (χ1) is 14.9. The van der Waals surface area contributed by atoms with Crippen molar-refractivity contribution in [1.82, 2.24) is 19.5 Å². The highest BCUT2D eigenvalue weighted by Crippen LogP contribution is 2.26. The smallest absolute Gasteiger partial charge is 0.179 e. The Hall–Kier alpha value is -2.85. The molecule has 0 bridgehead atoms. The molecule has 9 nitrogen and oxygen atoms in total. The van der Waals surface area contributed by atoms with Crippen molar-refractivity contribution in [2.24, 2.45) is 0 Å². The largest absolute Gasteiger partial charge is 0.491 e. The van der Waals surface area contributed by atoms with Crippen LogP contribution in [0.25, 0.3) is 10.9 Å². The molecule has 31 heavy (non-hydrogen) atoms. The van der Waals surface area contributed by atoms with Gasteiger partial charge < -0.3 is 15.5 Å². The zero-order valence-electron chi connectivity index (χ0n) is 17.9. The molecule has 1 aliphatic rings. The number of sulfone groups is 1. The Morgan fingerprint density at radius 3 is 2.68 bits per heavy atom. The van der Waals surface area contributed by atoms with Crippen molar-refractivity contribution >= 4 is 26.6 Å². The van der Waals surface area contributed by atoms with E-state index in [2.05, 4.69) is 19.8 Å². The summed E-state index contributed by atoms with van der Waals surface area (Å²) in [6.07, 6.45) is 8.18. The number of piperazine rings is 1. The van der Waals surface area contributed by atoms with Gasteiger partial charge in [0.25, 0.3) is 0 Å². The third kappa shape index (κ3) is 4.59. The van der Waals surface area contributed by atoms with Gasteiger partial charge in [0.15, 0.2) is 21.4 Å². The van der Waals surface area contributed by atoms with Crippen molar-refractivity contribution < 1.29 is 13.2 Å². The highest BCUT2D eigenvalue weighted by molar-refractivity contribution is 7.90. The number of anilines is 1. The zero-order valence-corrected chi connectivity index (χ0v) is 18.7. The fourth-order valence-corrected chi connectivity index (χ4v) is 4.75. The summed E-state index contributed by atoms with van der Waals surface area (Å²) in [5, 5.41) is 0.908. The number of aromatic nitrogens is 3. The lowest BCUT2D eigenvalue weighted by atomic mass is 10.1. The SMILES string of the molecule is COc1cncnc1N1CCN(CCCc2cn(N)c3ccc(S(C)(=O)=O)cc23)CC1. The number of aryl methyl sites for hydroxylation is 1. The lowest BCUT2D eigenvalue weighted by Gasteiger charge is -2.35. The number of nitrogens with two attached hydrogens (primary N) is 1. The van der Waals surface area contributed by atoms with Gasteiger partial charge in [0, 0.05) is 44.0 Å². The third-order valence-corrected chi connectivity index (χ3v) is 6.90. The van der Waals surface area contributed by atoms with Gasteiger partial charge in [-0.3, -0.25) is 9.58 Å². The number of methoxy groups -OCH3 is 1. The standard InChI is InChI=1S/C21H28N6O3S/c1-30-20-13-23-15-24-21(20)26-10-8-25(9-11-26)7-3-4-16-14-27(22)19-6-5-17(12-18(16)19)31(2,28)29/h5-6,12-15H,3-4,7-11,22H2,1-2H3. The van der Waals surface area contributed by atoms with Crippen LogP contribution in [0.2, 0.25) is 0 Å². The van der Waals surface area contributed by atoms with Crippen molar-refractivity contribution in [3.63, 3.8) is 0 Å². The summed E-state index contributed by atoms with van der Waals surface area (Å²) in [7, 11) is -1.62. The Kier molecular flexibility index (Phi) is 6.01. The van der Waals surface area contributed by atoms with Crippen LogP contribution in [-0.2, 0) is 16.3 Å². The topological polar surface area (TPSA) is 107 Å². The Morgan fingerprint density at radius 2 is 1.97 bits per heavy atom. The summed E-state index contributed by atoms with van der Waals surface area (Å²) in [5.74, 6) is 7.61. The van der Waals surface area contributed by atoms with Gasteiger partial charge in [0.1, 0.15) is 6.33 Å². The Labute approximate surface area is 182 Å². The minimum absolute atomic E-state index is 0.323. The zero-order chi connectivity index (χ0) is 22.0. The maximum Gasteiger partial charge on any atom is 0.179 e. The molecule has 0 unspecified atom stereocenters. The van der Waals surface area contributed by atoms with E-state index >= 15 is 0 Å². The van der Waals surface area contributed by atoms with E-state index in [0.29, 0.717) is 10.6 Å². The fraction of sp³-hybridized carbons (Fsp3) is 0.429. The number of fused-ring (bicyclic) bond motifs is 1. The summed E-state index contributed by atoms with van der Waals surface area (Å²) in [4.78, 5) is 13.4. The first-order valence-electron chi connectivity index (χ1n) is 10.3. The molecular weight excluding hydrogens is 416 g/mol. The van der Waals surface area contributed by atoms with Gasteiger partial charge in [-0.15, -0.1) is 0 Å². The number of nitrogens with zero attached hydrogens (tertiary/aromatic N) is 5. The molecule has 10 heteroatoms. The van der Waals surface area contributed by atoms with Gasteiger partial charge in [-0.25, -0.2) is 18.4 Å². The lowest BCUT2D eigenvalue weighted by molar-refractivity contribution is 0.253. The van der Waals surface area contributed by atoms with Crippen LogP contribution >= 0.6 is 0 Å². The number of hydrogen-bond donors (Lipinski definition) is 1. The van der Waals surface area contributed by atoms with E-state index in [-0.39, 0.29) is 0 Å². The van der Waals surface area contributed by atoms with Crippen LogP contribution in [0.4, 0.5) is 5.82 Å². The third-order valence-electron chi connectivity index (χ3n) is 5.79. The molecule has 1 fully saturated rings. The first-order valence-corrected chi connectivity index (χ1v) is 12.2. The Morgan fingerprint density at radius 1 is 1.19 bits per heavy atom. The van der Waals surface area contributed by atoms with Crippen LogP contribution in [0.15, 0.2) is 41.8 Å². The fourth-order valence-electron chi connectivity index (χ4n) is 4.10. The molecule has 1 aliphatic heterocycles. The lowest BCUT2D eigenvalue weighted by Crippen LogP contribution is -2.47. The predicted octanol–water partition coefficient (Wildman–Crippen LogP) is 1.31. The van der Waals surface area contributed by atoms with Gasteiger partial charge in [0.05, 0.1) is 23.7 Å². The van der Waals surface area contributed by atoms with E-state index < -0.39 is 9.84 Å². The second-order valence-corrected chi connectivity index (χ2v) is 9.88. The summed E-state index contributed by atoms with van der Waals surface area (Å²) in [6, 6.07) is 5.12. The minimum Gasteiger partial charge on any atom is -0.491 e. The predicted molar refractivity (Wildman–Crippen MR) is 121 cm³/mol. The maximum absolute atomic E-state index is 11.9. The summed E-state index contributed by atoms with van der Waals surface area (Å²) < 4.78 is 30.8. The van der Waals surface area contributed by atoms with Crippen molar-refractivity contribution in [2.75, 3.05) is 56.8 Å². The number of ether oxygens (including phenoxy) is 1. The molecule has 2 N–H and O–H groups in total. The normalized spacial score (nSPS) is 15.5. The molecule has 0 spiro atoms. The average Bonchev–Trinajstić information content (AvgIpc) is 3.09. The summed E-state index contributed by atoms with van der Waals surface area (Å²) in [5.41, 5.74) is 1.92. The van der Waals surface area contributed by atoms with Crippen molar-refractivity contribution in [3.8, 4) is 5.75 Å². The van der Waals surface area contributed by atoms with Crippen molar-refractivity contribution in [3.05, 3.63) is 42.5 Å². The van der Waals surface area contributed by atoms with E-state index in [1.807, 2.05) is 6.20 Å². The van der Waals surface area contributed by atoms with Crippen LogP contribution in [0.3, 0.4) is 0 Å². The molecular formula is C21H28N6O3S. The molecule has 3 heterocycles. The van der Waals surface area contributed by atoms with Crippen molar-refractivity contribution in [2.45, 2.75) is 17.7 Å². The number of nitrogen functional groups attached to an aromatic ring is 1. The van der Waals surface area contributed by atoms with Crippen LogP contribution in [-0.4, -0.2) is 74.1 Å². The molecule has 0 aliphatic carbocycles. The van der Waals surface area contributed by atoms with E-state index in [4.69, 9.17) is 10.6 Å². The van der Waals surface area contributed by atoms with Gasteiger partial charge in [-0.1, -0.05) is 0 Å². The molecule has 0 saturated carbocycles. The summed E-state index contributed by atoms with van der Waals surface area (Å²) >= 11 is 0. The van der Waals surface area contributed by atoms with Crippen molar-refractivity contribution in [1.29, 1.82) is 0 Å². The second kappa shape index (κ2) is 8.72. The van der Waals surface area contributed by atoms with Crippen LogP contribution < -0.4 is 15.5 Å². The number of hydrogen-bond acceptors (Lipinski definition) is 8. The van der Waals surface area contributed by atoms with Crippen LogP contribution in [0, 0.1) is 0 Å². The van der Waals surface area contributed by atoms with E-state index in [1.54, 1.807) is 42.5 Å². The van der Waals surface area contributed by atoms with E-state index in [0.717, 1.165) is 67.8 Å². The maximum atomic E-state index is 11.9. The van der Waals surface area contributed by atoms with E-state index in [9.17, 15) is 8.42 Å². The minimum atomic E-state index is -3.25.